The van der Waals surface area contributed by atoms with Gasteiger partial charge in [-0.2, -0.15) is 0 Å². The second-order valence-corrected chi connectivity index (χ2v) is 7.60. The number of carboxylic acid groups (broad SMARTS) is 1. The highest BCUT2D eigenvalue weighted by molar-refractivity contribution is 7.99. The molecule has 0 aliphatic rings. The van der Waals surface area contributed by atoms with Gasteiger partial charge in [-0.25, -0.2) is 18.4 Å². The molecule has 1 aromatic rings. The maximum absolute atomic E-state index is 11.8. The number of rotatable bonds is 9. The molecular formula is C14H20N2O6S2. The predicted octanol–water partition coefficient (Wildman–Crippen LogP) is 0.378. The van der Waals surface area contributed by atoms with Gasteiger partial charge in [-0.05, 0) is 31.2 Å². The number of carboxylic acids is 1. The number of amides is 1. The van der Waals surface area contributed by atoms with Crippen LogP contribution >= 0.6 is 11.8 Å². The Morgan fingerprint density at radius 3 is 2.42 bits per heavy atom. The van der Waals surface area contributed by atoms with Crippen LogP contribution in [0.2, 0.25) is 0 Å². The van der Waals surface area contributed by atoms with Crippen molar-refractivity contribution in [3.8, 4) is 5.75 Å². The van der Waals surface area contributed by atoms with Crippen molar-refractivity contribution in [2.75, 3.05) is 25.2 Å². The summed E-state index contributed by atoms with van der Waals surface area (Å²) in [4.78, 5) is 23.8. The van der Waals surface area contributed by atoms with E-state index in [0.717, 1.165) is 0 Å². The lowest BCUT2D eigenvalue weighted by atomic mass is 10.3. The normalized spacial score (nSPS) is 12.5. The van der Waals surface area contributed by atoms with Crippen molar-refractivity contribution in [3.63, 3.8) is 0 Å². The number of carbonyl (C=O) groups excluding carboxylic acids is 1. The summed E-state index contributed by atoms with van der Waals surface area (Å²) in [6, 6.07) is 4.83. The number of primary sulfonamides is 1. The Bertz CT molecular complexity index is 675. The third-order valence-corrected chi connectivity index (χ3v) is 5.04. The molecule has 1 rings (SSSR count). The fraction of sp³-hybridized carbons (Fsp3) is 0.429. The first kappa shape index (κ1) is 20.3. The summed E-state index contributed by atoms with van der Waals surface area (Å²) in [5.74, 6) is -0.153. The minimum absolute atomic E-state index is 0.00501. The van der Waals surface area contributed by atoms with E-state index in [9.17, 15) is 18.0 Å². The number of aliphatic carboxylic acids is 1. The molecule has 134 valence electrons. The standard InChI is InChI=1S/C14H20N2O6S2/c1-10(14(18)19)16(2)13(17)9-23-8-7-22-11-3-5-12(6-4-11)24(15,20)21/h3-6,10H,7-9H2,1-2H3,(H,18,19)(H2,15,20,21). The Morgan fingerprint density at radius 2 is 1.92 bits per heavy atom. The first-order valence-electron chi connectivity index (χ1n) is 6.95. The molecule has 0 aromatic heterocycles. The number of hydrogen-bond donors (Lipinski definition) is 2. The lowest BCUT2D eigenvalue weighted by molar-refractivity contribution is -0.147. The van der Waals surface area contributed by atoms with Crippen LogP contribution in [-0.2, 0) is 19.6 Å². The van der Waals surface area contributed by atoms with Crippen LogP contribution in [0.3, 0.4) is 0 Å². The van der Waals surface area contributed by atoms with Gasteiger partial charge in [0.1, 0.15) is 11.8 Å². The van der Waals surface area contributed by atoms with Crippen molar-refractivity contribution in [1.82, 2.24) is 4.90 Å². The van der Waals surface area contributed by atoms with Gasteiger partial charge in [-0.3, -0.25) is 4.79 Å². The highest BCUT2D eigenvalue weighted by atomic mass is 32.2. The van der Waals surface area contributed by atoms with Crippen molar-refractivity contribution in [2.45, 2.75) is 17.9 Å². The second-order valence-electron chi connectivity index (χ2n) is 4.94. The van der Waals surface area contributed by atoms with E-state index in [1.165, 1.54) is 54.9 Å². The van der Waals surface area contributed by atoms with E-state index in [0.29, 0.717) is 18.1 Å². The second kappa shape index (κ2) is 8.90. The van der Waals surface area contributed by atoms with Gasteiger partial charge >= 0.3 is 5.97 Å². The van der Waals surface area contributed by atoms with Gasteiger partial charge in [0.25, 0.3) is 0 Å². The fourth-order valence-corrected chi connectivity index (χ4v) is 2.83. The summed E-state index contributed by atoms with van der Waals surface area (Å²) in [7, 11) is -2.27. The number of likely N-dealkylation sites (N-methyl/N-ethyl adjacent to an activating group) is 1. The number of ether oxygens (including phenoxy) is 1. The minimum atomic E-state index is -3.72. The summed E-state index contributed by atoms with van der Waals surface area (Å²) >= 11 is 1.32. The van der Waals surface area contributed by atoms with E-state index in [1.54, 1.807) is 0 Å². The average Bonchev–Trinajstić information content (AvgIpc) is 2.52. The highest BCUT2D eigenvalue weighted by Crippen LogP contribution is 2.15. The van der Waals surface area contributed by atoms with Crippen LogP contribution < -0.4 is 9.88 Å². The van der Waals surface area contributed by atoms with Crippen molar-refractivity contribution in [1.29, 1.82) is 0 Å². The zero-order valence-corrected chi connectivity index (χ0v) is 15.0. The largest absolute Gasteiger partial charge is 0.493 e. The zero-order valence-electron chi connectivity index (χ0n) is 13.3. The molecule has 0 spiro atoms. The third kappa shape index (κ3) is 6.38. The topological polar surface area (TPSA) is 127 Å². The molecule has 0 heterocycles. The van der Waals surface area contributed by atoms with Crippen LogP contribution in [0.4, 0.5) is 0 Å². The molecule has 0 aliphatic carbocycles. The number of nitrogens with zero attached hydrogens (tertiary/aromatic N) is 1. The van der Waals surface area contributed by atoms with E-state index in [-0.39, 0.29) is 16.6 Å². The van der Waals surface area contributed by atoms with Gasteiger partial charge in [-0.1, -0.05) is 0 Å². The third-order valence-electron chi connectivity index (χ3n) is 3.21. The number of carbonyl (C=O) groups is 2. The first-order chi connectivity index (χ1) is 11.1. The summed E-state index contributed by atoms with van der Waals surface area (Å²) in [6.07, 6.45) is 0. The molecule has 0 saturated carbocycles. The van der Waals surface area contributed by atoms with Gasteiger partial charge in [0.2, 0.25) is 15.9 Å². The molecule has 1 unspecified atom stereocenters. The average molecular weight is 376 g/mol. The highest BCUT2D eigenvalue weighted by Gasteiger charge is 2.21. The van der Waals surface area contributed by atoms with Crippen LogP contribution in [-0.4, -0.2) is 61.5 Å². The minimum Gasteiger partial charge on any atom is -0.493 e. The van der Waals surface area contributed by atoms with E-state index in [4.69, 9.17) is 15.0 Å². The molecule has 1 atom stereocenters. The Balaban J connectivity index is 2.31. The Morgan fingerprint density at radius 1 is 1.33 bits per heavy atom. The summed E-state index contributed by atoms with van der Waals surface area (Å²) in [5.41, 5.74) is 0. The summed E-state index contributed by atoms with van der Waals surface area (Å²) in [5, 5.41) is 13.8. The Labute approximate surface area is 145 Å². The van der Waals surface area contributed by atoms with Crippen LogP contribution in [0.15, 0.2) is 29.2 Å². The maximum Gasteiger partial charge on any atom is 0.326 e. The van der Waals surface area contributed by atoms with Crippen LogP contribution in [0.5, 0.6) is 5.75 Å². The van der Waals surface area contributed by atoms with E-state index in [2.05, 4.69) is 0 Å². The number of benzene rings is 1. The number of nitrogens with two attached hydrogens (primary N) is 1. The van der Waals surface area contributed by atoms with Crippen LogP contribution in [0.1, 0.15) is 6.92 Å². The van der Waals surface area contributed by atoms with Gasteiger partial charge in [-0.15, -0.1) is 11.8 Å². The van der Waals surface area contributed by atoms with Crippen molar-refractivity contribution in [2.24, 2.45) is 5.14 Å². The quantitative estimate of drug-likeness (QED) is 0.596. The molecule has 0 radical (unpaired) electrons. The molecule has 24 heavy (non-hydrogen) atoms. The maximum atomic E-state index is 11.8. The van der Waals surface area contributed by atoms with Crippen LogP contribution in [0.25, 0.3) is 0 Å². The van der Waals surface area contributed by atoms with Gasteiger partial charge in [0.15, 0.2) is 0 Å². The Kier molecular flexibility index (Phi) is 7.52. The first-order valence-corrected chi connectivity index (χ1v) is 9.65. The van der Waals surface area contributed by atoms with E-state index >= 15 is 0 Å². The van der Waals surface area contributed by atoms with Gasteiger partial charge < -0.3 is 14.7 Å². The Hall–Kier alpha value is -1.78. The van der Waals surface area contributed by atoms with E-state index in [1.807, 2.05) is 0 Å². The van der Waals surface area contributed by atoms with Crippen LogP contribution in [0, 0.1) is 0 Å². The number of sulfonamides is 1. The molecular weight excluding hydrogens is 356 g/mol. The van der Waals surface area contributed by atoms with E-state index < -0.39 is 22.0 Å². The molecule has 0 saturated heterocycles. The van der Waals surface area contributed by atoms with Crippen molar-refractivity contribution < 1.29 is 27.9 Å². The zero-order chi connectivity index (χ0) is 18.3. The lowest BCUT2D eigenvalue weighted by Gasteiger charge is -2.21. The monoisotopic (exact) mass is 376 g/mol. The molecule has 0 bridgehead atoms. The fourth-order valence-electron chi connectivity index (χ4n) is 1.59. The number of hydrogen-bond acceptors (Lipinski definition) is 6. The number of thioether (sulfide) groups is 1. The van der Waals surface area contributed by atoms with Crippen molar-refractivity contribution in [3.05, 3.63) is 24.3 Å². The van der Waals surface area contributed by atoms with Gasteiger partial charge in [0, 0.05) is 12.8 Å². The summed E-state index contributed by atoms with van der Waals surface area (Å²) < 4.78 is 27.7. The lowest BCUT2D eigenvalue weighted by Crippen LogP contribution is -2.41. The molecule has 0 aliphatic heterocycles. The molecule has 1 amide bonds. The summed E-state index contributed by atoms with van der Waals surface area (Å²) in [6.45, 7) is 1.77. The molecule has 10 heteroatoms. The van der Waals surface area contributed by atoms with Gasteiger partial charge in [0.05, 0.1) is 17.3 Å². The van der Waals surface area contributed by atoms with Crippen molar-refractivity contribution >= 4 is 33.7 Å². The predicted molar refractivity (Wildman–Crippen MR) is 90.5 cm³/mol. The molecule has 8 nitrogen and oxygen atoms in total. The SMILES string of the molecule is CC(C(=O)O)N(C)C(=O)CSCCOc1ccc(S(N)(=O)=O)cc1. The molecule has 3 N–H and O–H groups in total. The molecule has 0 fully saturated rings. The smallest absolute Gasteiger partial charge is 0.326 e. The molecule has 1 aromatic carbocycles.